The van der Waals surface area contributed by atoms with E-state index in [1.807, 2.05) is 24.3 Å². The molecular weight excluding hydrogens is 288 g/mol. The van der Waals surface area contributed by atoms with Crippen LogP contribution in [0.15, 0.2) is 24.3 Å². The summed E-state index contributed by atoms with van der Waals surface area (Å²) in [7, 11) is 1.58. The maximum atomic E-state index is 12.2. The number of carbonyl (C=O) groups excluding carboxylic acids is 1. The maximum absolute atomic E-state index is 12.2. The van der Waals surface area contributed by atoms with Gasteiger partial charge < -0.3 is 15.8 Å². The number of hydrogen-bond acceptors (Lipinski definition) is 3. The molecule has 1 fully saturated rings. The van der Waals surface area contributed by atoms with Crippen LogP contribution in [-0.2, 0) is 9.53 Å². The van der Waals surface area contributed by atoms with Crippen molar-refractivity contribution in [2.45, 2.75) is 37.8 Å². The highest BCUT2D eigenvalue weighted by molar-refractivity contribution is 6.30. The Kier molecular flexibility index (Phi) is 6.03. The van der Waals surface area contributed by atoms with Gasteiger partial charge in [0.1, 0.15) is 0 Å². The average molecular weight is 311 g/mol. The van der Waals surface area contributed by atoms with Crippen LogP contribution >= 0.6 is 11.6 Å². The summed E-state index contributed by atoms with van der Waals surface area (Å²) in [6.07, 6.45) is 3.60. The summed E-state index contributed by atoms with van der Waals surface area (Å²) < 4.78 is 5.17. The summed E-state index contributed by atoms with van der Waals surface area (Å²) >= 11 is 5.94. The molecule has 1 aliphatic carbocycles. The van der Waals surface area contributed by atoms with Crippen molar-refractivity contribution in [2.75, 3.05) is 13.7 Å². The van der Waals surface area contributed by atoms with Crippen molar-refractivity contribution in [3.05, 3.63) is 34.9 Å². The van der Waals surface area contributed by atoms with E-state index in [2.05, 4.69) is 5.32 Å². The molecule has 0 bridgehead atoms. The van der Waals surface area contributed by atoms with E-state index in [-0.39, 0.29) is 18.1 Å². The Bertz CT molecular complexity index is 456. The smallest absolute Gasteiger partial charge is 0.223 e. The minimum absolute atomic E-state index is 0.0147. The third-order valence-electron chi connectivity index (χ3n) is 4.18. The van der Waals surface area contributed by atoms with E-state index in [1.165, 1.54) is 6.42 Å². The predicted octanol–water partition coefficient (Wildman–Crippen LogP) is 2.66. The van der Waals surface area contributed by atoms with E-state index < -0.39 is 0 Å². The molecule has 1 aromatic carbocycles. The third-order valence-corrected chi connectivity index (χ3v) is 4.43. The molecule has 1 saturated carbocycles. The molecule has 0 heterocycles. The standard InChI is InChI=1S/C16H23ClN2O2/c1-21-14(10-18)9-15(20)19-16(11-3-2-4-11)12-5-7-13(17)8-6-12/h5-8,11,14,16H,2-4,9-10,18H2,1H3,(H,19,20). The summed E-state index contributed by atoms with van der Waals surface area (Å²) in [6, 6.07) is 7.77. The number of ether oxygens (including phenoxy) is 1. The van der Waals surface area contributed by atoms with Crippen molar-refractivity contribution >= 4 is 17.5 Å². The molecule has 1 aliphatic rings. The molecule has 116 valence electrons. The number of benzene rings is 1. The van der Waals surface area contributed by atoms with Crippen LogP contribution in [-0.4, -0.2) is 25.7 Å². The van der Waals surface area contributed by atoms with Gasteiger partial charge in [0.25, 0.3) is 0 Å². The summed E-state index contributed by atoms with van der Waals surface area (Å²) in [5.74, 6) is 0.494. The number of halogens is 1. The molecular formula is C16H23ClN2O2. The minimum atomic E-state index is -0.225. The minimum Gasteiger partial charge on any atom is -0.380 e. The van der Waals surface area contributed by atoms with Crippen molar-refractivity contribution in [2.24, 2.45) is 11.7 Å². The quantitative estimate of drug-likeness (QED) is 0.814. The molecule has 0 saturated heterocycles. The topological polar surface area (TPSA) is 64.3 Å². The Balaban J connectivity index is 2.03. The lowest BCUT2D eigenvalue weighted by Gasteiger charge is -2.35. The first-order valence-electron chi connectivity index (χ1n) is 7.41. The van der Waals surface area contributed by atoms with Gasteiger partial charge in [-0.05, 0) is 36.5 Å². The van der Waals surface area contributed by atoms with E-state index in [0.717, 1.165) is 18.4 Å². The van der Waals surface area contributed by atoms with Crippen molar-refractivity contribution < 1.29 is 9.53 Å². The van der Waals surface area contributed by atoms with E-state index in [1.54, 1.807) is 7.11 Å². The molecule has 0 aliphatic heterocycles. The first-order chi connectivity index (χ1) is 10.1. The number of nitrogens with one attached hydrogen (secondary N) is 1. The van der Waals surface area contributed by atoms with Crippen LogP contribution in [0.2, 0.25) is 5.02 Å². The largest absolute Gasteiger partial charge is 0.380 e. The Hall–Kier alpha value is -1.10. The molecule has 2 atom stereocenters. The maximum Gasteiger partial charge on any atom is 0.223 e. The molecule has 1 amide bonds. The molecule has 3 N–H and O–H groups in total. The summed E-state index contributed by atoms with van der Waals surface area (Å²) in [6.45, 7) is 0.346. The van der Waals surface area contributed by atoms with Gasteiger partial charge in [-0.15, -0.1) is 0 Å². The molecule has 1 aromatic rings. The number of methoxy groups -OCH3 is 1. The van der Waals surface area contributed by atoms with Crippen molar-refractivity contribution in [3.8, 4) is 0 Å². The van der Waals surface area contributed by atoms with E-state index >= 15 is 0 Å². The lowest BCUT2D eigenvalue weighted by atomic mass is 9.77. The van der Waals surface area contributed by atoms with Crippen LogP contribution in [0.1, 0.15) is 37.3 Å². The first kappa shape index (κ1) is 16.3. The summed E-state index contributed by atoms with van der Waals surface area (Å²) in [5.41, 5.74) is 6.68. The van der Waals surface area contributed by atoms with Gasteiger partial charge in [0, 0.05) is 18.7 Å². The van der Waals surface area contributed by atoms with Gasteiger partial charge >= 0.3 is 0 Å². The Morgan fingerprint density at radius 3 is 2.57 bits per heavy atom. The molecule has 2 rings (SSSR count). The van der Waals surface area contributed by atoms with Gasteiger partial charge in [-0.25, -0.2) is 0 Å². The molecule has 2 unspecified atom stereocenters. The summed E-state index contributed by atoms with van der Waals surface area (Å²) in [4.78, 5) is 12.2. The van der Waals surface area contributed by atoms with Crippen LogP contribution in [0.5, 0.6) is 0 Å². The van der Waals surface area contributed by atoms with Crippen molar-refractivity contribution in [1.29, 1.82) is 0 Å². The number of rotatable bonds is 7. The SMILES string of the molecule is COC(CN)CC(=O)NC(c1ccc(Cl)cc1)C1CCC1. The zero-order chi connectivity index (χ0) is 15.2. The molecule has 0 radical (unpaired) electrons. The van der Waals surface area contributed by atoms with Gasteiger partial charge in [-0.1, -0.05) is 30.2 Å². The van der Waals surface area contributed by atoms with Crippen molar-refractivity contribution in [1.82, 2.24) is 5.32 Å². The third kappa shape index (κ3) is 4.43. The lowest BCUT2D eigenvalue weighted by Crippen LogP contribution is -2.39. The lowest BCUT2D eigenvalue weighted by molar-refractivity contribution is -0.124. The van der Waals surface area contributed by atoms with Gasteiger partial charge in [-0.2, -0.15) is 0 Å². The van der Waals surface area contributed by atoms with Gasteiger partial charge in [-0.3, -0.25) is 4.79 Å². The highest BCUT2D eigenvalue weighted by Crippen LogP contribution is 2.38. The van der Waals surface area contributed by atoms with Crippen LogP contribution < -0.4 is 11.1 Å². The fourth-order valence-corrected chi connectivity index (χ4v) is 2.74. The Morgan fingerprint density at radius 1 is 1.43 bits per heavy atom. The number of carbonyl (C=O) groups is 1. The highest BCUT2D eigenvalue weighted by Gasteiger charge is 2.30. The highest BCUT2D eigenvalue weighted by atomic mass is 35.5. The normalized spacial score (nSPS) is 17.9. The predicted molar refractivity (Wildman–Crippen MR) is 84.1 cm³/mol. The molecule has 4 nitrogen and oxygen atoms in total. The Labute approximate surface area is 131 Å². The molecule has 0 spiro atoms. The molecule has 21 heavy (non-hydrogen) atoms. The number of hydrogen-bond donors (Lipinski definition) is 2. The van der Waals surface area contributed by atoms with E-state index in [0.29, 0.717) is 23.9 Å². The second kappa shape index (κ2) is 7.78. The van der Waals surface area contributed by atoms with Gasteiger partial charge in [0.15, 0.2) is 0 Å². The van der Waals surface area contributed by atoms with Gasteiger partial charge in [0.05, 0.1) is 18.6 Å². The van der Waals surface area contributed by atoms with Crippen LogP contribution in [0, 0.1) is 5.92 Å². The Morgan fingerprint density at radius 2 is 2.10 bits per heavy atom. The second-order valence-corrected chi connectivity index (χ2v) is 6.02. The zero-order valence-corrected chi connectivity index (χ0v) is 13.1. The van der Waals surface area contributed by atoms with Gasteiger partial charge in [0.2, 0.25) is 5.91 Å². The zero-order valence-electron chi connectivity index (χ0n) is 12.3. The monoisotopic (exact) mass is 310 g/mol. The fraction of sp³-hybridized carbons (Fsp3) is 0.562. The van der Waals surface area contributed by atoms with E-state index in [9.17, 15) is 4.79 Å². The van der Waals surface area contributed by atoms with Crippen molar-refractivity contribution in [3.63, 3.8) is 0 Å². The molecule has 0 aromatic heterocycles. The number of amides is 1. The van der Waals surface area contributed by atoms with Crippen LogP contribution in [0.4, 0.5) is 0 Å². The average Bonchev–Trinajstić information content (AvgIpc) is 2.43. The molecule has 5 heteroatoms. The van der Waals surface area contributed by atoms with Crippen LogP contribution in [0.3, 0.4) is 0 Å². The fourth-order valence-electron chi connectivity index (χ4n) is 2.62. The second-order valence-electron chi connectivity index (χ2n) is 5.59. The first-order valence-corrected chi connectivity index (χ1v) is 7.79. The summed E-state index contributed by atoms with van der Waals surface area (Å²) in [5, 5.41) is 3.84. The number of nitrogens with two attached hydrogens (primary N) is 1. The van der Waals surface area contributed by atoms with E-state index in [4.69, 9.17) is 22.1 Å². The van der Waals surface area contributed by atoms with Crippen LogP contribution in [0.25, 0.3) is 0 Å².